The Kier molecular flexibility index (Phi) is 5.02. The zero-order chi connectivity index (χ0) is 14.6. The number of nitrogens with two attached hydrogens (primary N) is 1. The minimum atomic E-state index is -3.32. The van der Waals surface area contributed by atoms with Gasteiger partial charge in [0.05, 0.1) is 17.5 Å². The van der Waals surface area contributed by atoms with Crippen LogP contribution in [0.2, 0.25) is 0 Å². The first-order valence-electron chi connectivity index (χ1n) is 5.63. The number of sulfone groups is 1. The van der Waals surface area contributed by atoms with E-state index in [4.69, 9.17) is 5.73 Å². The number of hydrogen-bond donors (Lipinski definition) is 1. The maximum absolute atomic E-state index is 13.7. The van der Waals surface area contributed by atoms with Crippen LogP contribution in [-0.4, -0.2) is 33.4 Å². The highest BCUT2D eigenvalue weighted by atomic mass is 32.2. The molecular weight excluding hydrogens is 273 g/mol. The summed E-state index contributed by atoms with van der Waals surface area (Å²) >= 11 is 0. The summed E-state index contributed by atoms with van der Waals surface area (Å²) in [5.41, 5.74) is 5.93. The van der Waals surface area contributed by atoms with Gasteiger partial charge in [-0.05, 0) is 24.6 Å². The molecule has 0 aliphatic carbocycles. The van der Waals surface area contributed by atoms with Crippen molar-refractivity contribution in [2.75, 3.05) is 12.9 Å². The van der Waals surface area contributed by atoms with E-state index in [1.54, 1.807) is 6.92 Å². The average molecular weight is 289 g/mol. The van der Waals surface area contributed by atoms with Gasteiger partial charge in [0.25, 0.3) is 0 Å². The molecule has 0 heterocycles. The first kappa shape index (κ1) is 15.6. The Labute approximate surface area is 111 Å². The number of halogens is 1. The summed E-state index contributed by atoms with van der Waals surface area (Å²) in [4.78, 5) is 11.3. The normalized spacial score (nSPS) is 14.7. The summed E-state index contributed by atoms with van der Waals surface area (Å²) in [6.45, 7) is 1.63. The van der Waals surface area contributed by atoms with Crippen molar-refractivity contribution in [2.24, 2.45) is 5.73 Å². The van der Waals surface area contributed by atoms with Crippen LogP contribution >= 0.6 is 0 Å². The fraction of sp³-hybridized carbons (Fsp3) is 0.417. The lowest BCUT2D eigenvalue weighted by atomic mass is 10.0. The molecule has 0 aliphatic heterocycles. The number of rotatable bonds is 5. The number of alkyl halides is 1. The molecule has 0 aliphatic rings. The molecule has 0 aromatic heterocycles. The second kappa shape index (κ2) is 6.12. The molecular formula is C12H16FNO4S. The Morgan fingerprint density at radius 3 is 2.32 bits per heavy atom. The van der Waals surface area contributed by atoms with Crippen LogP contribution in [0.25, 0.3) is 0 Å². The van der Waals surface area contributed by atoms with E-state index in [9.17, 15) is 17.6 Å². The summed E-state index contributed by atoms with van der Waals surface area (Å²) in [7, 11) is -3.32. The summed E-state index contributed by atoms with van der Waals surface area (Å²) in [6.07, 6.45) is -0.914. The van der Waals surface area contributed by atoms with Crippen molar-refractivity contribution < 1.29 is 22.3 Å². The molecule has 0 radical (unpaired) electrons. The van der Waals surface area contributed by atoms with E-state index in [2.05, 4.69) is 4.74 Å². The van der Waals surface area contributed by atoms with Crippen LogP contribution in [0.15, 0.2) is 29.2 Å². The quantitative estimate of drug-likeness (QED) is 0.817. The highest BCUT2D eigenvalue weighted by Gasteiger charge is 2.27. The smallest absolute Gasteiger partial charge is 0.342 e. The van der Waals surface area contributed by atoms with E-state index in [0.29, 0.717) is 5.56 Å². The van der Waals surface area contributed by atoms with Crippen molar-refractivity contribution in [1.82, 2.24) is 0 Å². The van der Waals surface area contributed by atoms with E-state index >= 15 is 0 Å². The topological polar surface area (TPSA) is 86.5 Å². The minimum Gasteiger partial charge on any atom is -0.464 e. The minimum absolute atomic E-state index is 0.0684. The van der Waals surface area contributed by atoms with Crippen molar-refractivity contribution in [3.8, 4) is 0 Å². The van der Waals surface area contributed by atoms with E-state index < -0.39 is 28.0 Å². The first-order valence-corrected chi connectivity index (χ1v) is 7.52. The molecule has 19 heavy (non-hydrogen) atoms. The number of hydrogen-bond acceptors (Lipinski definition) is 5. The highest BCUT2D eigenvalue weighted by molar-refractivity contribution is 7.90. The van der Waals surface area contributed by atoms with Gasteiger partial charge in [-0.25, -0.2) is 17.6 Å². The number of benzene rings is 1. The largest absolute Gasteiger partial charge is 0.464 e. The van der Waals surface area contributed by atoms with Crippen LogP contribution in [0.3, 0.4) is 0 Å². The molecule has 0 fully saturated rings. The molecule has 0 amide bonds. The van der Waals surface area contributed by atoms with Crippen molar-refractivity contribution in [2.45, 2.75) is 24.0 Å². The predicted octanol–water partition coefficient (Wildman–Crippen LogP) is 0.991. The summed E-state index contributed by atoms with van der Waals surface area (Å²) in [6, 6.07) is 4.22. The monoisotopic (exact) mass is 289 g/mol. The average Bonchev–Trinajstić information content (AvgIpc) is 2.36. The van der Waals surface area contributed by atoms with Gasteiger partial charge < -0.3 is 10.5 Å². The van der Waals surface area contributed by atoms with Crippen LogP contribution in [0.5, 0.6) is 0 Å². The maximum atomic E-state index is 13.7. The maximum Gasteiger partial charge on any atom is 0.342 e. The Morgan fingerprint density at radius 2 is 1.89 bits per heavy atom. The Bertz CT molecular complexity index is 541. The Hall–Kier alpha value is -1.47. The lowest BCUT2D eigenvalue weighted by Gasteiger charge is -2.16. The number of carbonyl (C=O) groups excluding carboxylic acids is 1. The van der Waals surface area contributed by atoms with Crippen LogP contribution in [-0.2, 0) is 19.4 Å². The van der Waals surface area contributed by atoms with Crippen LogP contribution in [0.1, 0.15) is 18.5 Å². The number of carbonyl (C=O) groups is 1. The molecule has 2 N–H and O–H groups in total. The summed E-state index contributed by atoms with van der Waals surface area (Å²) in [5, 5.41) is 0. The van der Waals surface area contributed by atoms with Gasteiger partial charge in [-0.1, -0.05) is 12.1 Å². The van der Waals surface area contributed by atoms with Gasteiger partial charge in [0, 0.05) is 6.26 Å². The highest BCUT2D eigenvalue weighted by Crippen LogP contribution is 2.20. The Morgan fingerprint density at radius 1 is 1.37 bits per heavy atom. The molecule has 1 aromatic rings. The van der Waals surface area contributed by atoms with E-state index in [1.165, 1.54) is 24.3 Å². The number of esters is 1. The van der Waals surface area contributed by atoms with Crippen LogP contribution in [0, 0.1) is 0 Å². The molecule has 1 aromatic carbocycles. The van der Waals surface area contributed by atoms with Gasteiger partial charge in [-0.3, -0.25) is 0 Å². The third-order valence-electron chi connectivity index (χ3n) is 2.52. The third-order valence-corrected chi connectivity index (χ3v) is 3.65. The number of ether oxygens (including phenoxy) is 1. The van der Waals surface area contributed by atoms with Gasteiger partial charge in [0.2, 0.25) is 6.17 Å². The van der Waals surface area contributed by atoms with Gasteiger partial charge >= 0.3 is 5.97 Å². The molecule has 106 valence electrons. The standard InChI is InChI=1S/C12H16FNO4S/c1-3-18-12(15)10(13)11(14)8-4-6-9(7-5-8)19(2,16)17/h4-7,10-11H,3,14H2,1-2H3/t10?,11-/m0/s1. The van der Waals surface area contributed by atoms with Crippen LogP contribution < -0.4 is 5.73 Å². The molecule has 0 saturated heterocycles. The first-order chi connectivity index (χ1) is 8.77. The van der Waals surface area contributed by atoms with Crippen molar-refractivity contribution >= 4 is 15.8 Å². The van der Waals surface area contributed by atoms with E-state index in [0.717, 1.165) is 6.26 Å². The lowest BCUT2D eigenvalue weighted by Crippen LogP contribution is -2.31. The molecule has 7 heteroatoms. The zero-order valence-corrected chi connectivity index (χ0v) is 11.5. The van der Waals surface area contributed by atoms with Gasteiger partial charge in [-0.2, -0.15) is 0 Å². The molecule has 0 saturated carbocycles. The third kappa shape index (κ3) is 4.00. The second-order valence-electron chi connectivity index (χ2n) is 4.02. The summed E-state index contributed by atoms with van der Waals surface area (Å²) < 4.78 is 40.7. The van der Waals surface area contributed by atoms with E-state index in [-0.39, 0.29) is 11.5 Å². The Balaban J connectivity index is 2.89. The second-order valence-corrected chi connectivity index (χ2v) is 6.04. The van der Waals surface area contributed by atoms with Crippen molar-refractivity contribution in [3.05, 3.63) is 29.8 Å². The van der Waals surface area contributed by atoms with Gasteiger partial charge in [0.1, 0.15) is 0 Å². The van der Waals surface area contributed by atoms with Crippen molar-refractivity contribution in [3.63, 3.8) is 0 Å². The van der Waals surface area contributed by atoms with Gasteiger partial charge in [0.15, 0.2) is 9.84 Å². The SMILES string of the molecule is CCOC(=O)C(F)[C@@H](N)c1ccc(S(C)(=O)=O)cc1. The summed E-state index contributed by atoms with van der Waals surface area (Å²) in [5.74, 6) is -1.03. The predicted molar refractivity (Wildman–Crippen MR) is 68.0 cm³/mol. The molecule has 0 bridgehead atoms. The fourth-order valence-corrected chi connectivity index (χ4v) is 2.11. The molecule has 1 unspecified atom stereocenters. The molecule has 2 atom stereocenters. The van der Waals surface area contributed by atoms with Crippen molar-refractivity contribution in [1.29, 1.82) is 0 Å². The zero-order valence-electron chi connectivity index (χ0n) is 10.7. The van der Waals surface area contributed by atoms with Crippen LogP contribution in [0.4, 0.5) is 4.39 Å². The lowest BCUT2D eigenvalue weighted by molar-refractivity contribution is -0.149. The van der Waals surface area contributed by atoms with Gasteiger partial charge in [-0.15, -0.1) is 0 Å². The molecule has 5 nitrogen and oxygen atoms in total. The fourth-order valence-electron chi connectivity index (χ4n) is 1.47. The molecule has 0 spiro atoms. The molecule has 1 rings (SSSR count). The van der Waals surface area contributed by atoms with E-state index in [1.807, 2.05) is 0 Å².